The number of nitrogens with zero attached hydrogens (tertiary/aromatic N) is 1. The van der Waals surface area contributed by atoms with Crippen molar-refractivity contribution >= 4 is 11.7 Å². The molecule has 5 nitrogen and oxygen atoms in total. The average molecular weight is 286 g/mol. The van der Waals surface area contributed by atoms with Crippen molar-refractivity contribution in [2.24, 2.45) is 0 Å². The second kappa shape index (κ2) is 8.01. The minimum absolute atomic E-state index is 0.0201. The summed E-state index contributed by atoms with van der Waals surface area (Å²) < 4.78 is 10.7. The molecule has 0 radical (unpaired) electrons. The van der Waals surface area contributed by atoms with Gasteiger partial charge in [0.1, 0.15) is 24.8 Å². The first-order chi connectivity index (χ1) is 10.2. The number of nitrogens with one attached hydrogen (secondary N) is 1. The Morgan fingerprint density at radius 2 is 2.00 bits per heavy atom. The zero-order chi connectivity index (χ0) is 14.9. The van der Waals surface area contributed by atoms with Gasteiger partial charge in [0, 0.05) is 6.20 Å². The highest BCUT2D eigenvalue weighted by Gasteiger charge is 2.03. The molecule has 0 spiro atoms. The highest BCUT2D eigenvalue weighted by atomic mass is 16.5. The van der Waals surface area contributed by atoms with Crippen molar-refractivity contribution in [1.82, 2.24) is 4.98 Å². The molecule has 0 saturated carbocycles. The predicted octanol–water partition coefficient (Wildman–Crippen LogP) is 2.42. The number of benzene rings is 1. The number of anilines is 1. The normalized spacial score (nSPS) is 10.1. The summed E-state index contributed by atoms with van der Waals surface area (Å²) in [6, 6.07) is 13.1. The van der Waals surface area contributed by atoms with Gasteiger partial charge in [0.25, 0.3) is 5.91 Å². The van der Waals surface area contributed by atoms with Gasteiger partial charge < -0.3 is 14.8 Å². The Bertz CT molecular complexity index is 573. The SMILES string of the molecule is Cc1ccnc(NC(=O)COCCOc2ccccc2)c1. The first-order valence-corrected chi connectivity index (χ1v) is 6.72. The number of pyridine rings is 1. The fourth-order valence-corrected chi connectivity index (χ4v) is 1.68. The number of aromatic nitrogens is 1. The number of aryl methyl sites for hydroxylation is 1. The molecule has 0 bridgehead atoms. The Morgan fingerprint density at radius 3 is 2.76 bits per heavy atom. The molecule has 0 aliphatic heterocycles. The highest BCUT2D eigenvalue weighted by molar-refractivity contribution is 5.90. The van der Waals surface area contributed by atoms with Crippen molar-refractivity contribution in [2.45, 2.75) is 6.92 Å². The minimum atomic E-state index is -0.229. The van der Waals surface area contributed by atoms with E-state index in [1.165, 1.54) is 0 Å². The molecule has 110 valence electrons. The maximum absolute atomic E-state index is 11.6. The summed E-state index contributed by atoms with van der Waals surface area (Å²) in [6.07, 6.45) is 1.65. The van der Waals surface area contributed by atoms with Crippen LogP contribution in [0.2, 0.25) is 0 Å². The van der Waals surface area contributed by atoms with Crippen LogP contribution in [0, 0.1) is 6.92 Å². The highest BCUT2D eigenvalue weighted by Crippen LogP contribution is 2.07. The van der Waals surface area contributed by atoms with E-state index in [1.54, 1.807) is 12.3 Å². The topological polar surface area (TPSA) is 60.5 Å². The first-order valence-electron chi connectivity index (χ1n) is 6.72. The number of ether oxygens (including phenoxy) is 2. The van der Waals surface area contributed by atoms with Crippen LogP contribution in [-0.2, 0) is 9.53 Å². The van der Waals surface area contributed by atoms with E-state index in [4.69, 9.17) is 9.47 Å². The van der Waals surface area contributed by atoms with Gasteiger partial charge in [-0.3, -0.25) is 4.79 Å². The molecule has 2 rings (SSSR count). The van der Waals surface area contributed by atoms with Crippen molar-refractivity contribution in [3.63, 3.8) is 0 Å². The van der Waals surface area contributed by atoms with Gasteiger partial charge >= 0.3 is 0 Å². The van der Waals surface area contributed by atoms with E-state index < -0.39 is 0 Å². The zero-order valence-corrected chi connectivity index (χ0v) is 11.9. The van der Waals surface area contributed by atoms with Crippen LogP contribution >= 0.6 is 0 Å². The lowest BCUT2D eigenvalue weighted by Crippen LogP contribution is -2.20. The maximum Gasteiger partial charge on any atom is 0.251 e. The quantitative estimate of drug-likeness (QED) is 0.794. The summed E-state index contributed by atoms with van der Waals surface area (Å²) in [5, 5.41) is 2.68. The van der Waals surface area contributed by atoms with Crippen molar-refractivity contribution in [1.29, 1.82) is 0 Å². The molecule has 1 amide bonds. The Morgan fingerprint density at radius 1 is 1.19 bits per heavy atom. The lowest BCUT2D eigenvalue weighted by atomic mass is 10.3. The van der Waals surface area contributed by atoms with Gasteiger partial charge in [-0.25, -0.2) is 4.98 Å². The molecular weight excluding hydrogens is 268 g/mol. The molecule has 21 heavy (non-hydrogen) atoms. The van der Waals surface area contributed by atoms with Crippen LogP contribution in [0.25, 0.3) is 0 Å². The lowest BCUT2D eigenvalue weighted by Gasteiger charge is -2.07. The fraction of sp³-hybridized carbons (Fsp3) is 0.250. The fourth-order valence-electron chi connectivity index (χ4n) is 1.68. The van der Waals surface area contributed by atoms with Crippen LogP contribution in [0.3, 0.4) is 0 Å². The lowest BCUT2D eigenvalue weighted by molar-refractivity contribution is -0.120. The van der Waals surface area contributed by atoms with Crippen molar-refractivity contribution in [2.75, 3.05) is 25.1 Å². The molecule has 0 saturated heterocycles. The molecular formula is C16H18N2O3. The summed E-state index contributed by atoms with van der Waals surface area (Å²) >= 11 is 0. The van der Waals surface area contributed by atoms with Crippen LogP contribution in [0.4, 0.5) is 5.82 Å². The van der Waals surface area contributed by atoms with Gasteiger partial charge in [0.15, 0.2) is 0 Å². The standard InChI is InChI=1S/C16H18N2O3/c1-13-7-8-17-15(11-13)18-16(19)12-20-9-10-21-14-5-3-2-4-6-14/h2-8,11H,9-10,12H2,1H3,(H,17,18,19). The molecule has 0 atom stereocenters. The summed E-state index contributed by atoms with van der Waals surface area (Å²) in [6.45, 7) is 2.67. The summed E-state index contributed by atoms with van der Waals surface area (Å²) in [7, 11) is 0. The summed E-state index contributed by atoms with van der Waals surface area (Å²) in [5.74, 6) is 1.09. The Labute approximate surface area is 123 Å². The number of hydrogen-bond donors (Lipinski definition) is 1. The Hall–Kier alpha value is -2.40. The van der Waals surface area contributed by atoms with Crippen LogP contribution in [0.5, 0.6) is 5.75 Å². The number of carbonyl (C=O) groups excluding carboxylic acids is 1. The molecule has 2 aromatic rings. The molecule has 0 aliphatic rings. The second-order valence-corrected chi connectivity index (χ2v) is 4.48. The molecule has 0 unspecified atom stereocenters. The first kappa shape index (κ1) is 15.0. The van der Waals surface area contributed by atoms with E-state index in [-0.39, 0.29) is 12.5 Å². The van der Waals surface area contributed by atoms with Crippen LogP contribution in [0.1, 0.15) is 5.56 Å². The van der Waals surface area contributed by atoms with Gasteiger partial charge in [-0.2, -0.15) is 0 Å². The van der Waals surface area contributed by atoms with Gasteiger partial charge in [0.2, 0.25) is 0 Å². The molecule has 1 aromatic carbocycles. The van der Waals surface area contributed by atoms with Crippen LogP contribution in [-0.4, -0.2) is 30.7 Å². The monoisotopic (exact) mass is 286 g/mol. The number of rotatable bonds is 7. The van der Waals surface area contributed by atoms with E-state index in [0.717, 1.165) is 11.3 Å². The van der Waals surface area contributed by atoms with E-state index in [1.807, 2.05) is 43.3 Å². The predicted molar refractivity (Wildman–Crippen MR) is 80.4 cm³/mol. The maximum atomic E-state index is 11.6. The second-order valence-electron chi connectivity index (χ2n) is 4.48. The molecule has 0 aliphatic carbocycles. The molecule has 0 fully saturated rings. The van der Waals surface area contributed by atoms with Crippen molar-refractivity contribution in [3.05, 3.63) is 54.2 Å². The number of para-hydroxylation sites is 1. The van der Waals surface area contributed by atoms with Gasteiger partial charge in [-0.1, -0.05) is 18.2 Å². The number of carbonyl (C=O) groups is 1. The van der Waals surface area contributed by atoms with Gasteiger partial charge in [-0.15, -0.1) is 0 Å². The van der Waals surface area contributed by atoms with E-state index in [0.29, 0.717) is 19.0 Å². The van der Waals surface area contributed by atoms with Gasteiger partial charge in [-0.05, 0) is 36.8 Å². The van der Waals surface area contributed by atoms with Crippen LogP contribution in [0.15, 0.2) is 48.7 Å². The van der Waals surface area contributed by atoms with Crippen molar-refractivity contribution < 1.29 is 14.3 Å². The minimum Gasteiger partial charge on any atom is -0.491 e. The Kier molecular flexibility index (Phi) is 5.72. The van der Waals surface area contributed by atoms with Gasteiger partial charge in [0.05, 0.1) is 6.61 Å². The van der Waals surface area contributed by atoms with E-state index in [9.17, 15) is 4.79 Å². The largest absolute Gasteiger partial charge is 0.491 e. The van der Waals surface area contributed by atoms with Crippen LogP contribution < -0.4 is 10.1 Å². The van der Waals surface area contributed by atoms with E-state index in [2.05, 4.69) is 10.3 Å². The molecule has 1 heterocycles. The number of amides is 1. The third-order valence-electron chi connectivity index (χ3n) is 2.66. The van der Waals surface area contributed by atoms with Crippen molar-refractivity contribution in [3.8, 4) is 5.75 Å². The molecule has 1 N–H and O–H groups in total. The zero-order valence-electron chi connectivity index (χ0n) is 11.9. The Balaban J connectivity index is 1.61. The smallest absolute Gasteiger partial charge is 0.251 e. The summed E-state index contributed by atoms with van der Waals surface area (Å²) in [4.78, 5) is 15.7. The summed E-state index contributed by atoms with van der Waals surface area (Å²) in [5.41, 5.74) is 1.04. The molecule has 1 aromatic heterocycles. The average Bonchev–Trinajstić information content (AvgIpc) is 2.48. The number of hydrogen-bond acceptors (Lipinski definition) is 4. The van der Waals surface area contributed by atoms with E-state index >= 15 is 0 Å². The molecule has 5 heteroatoms. The third kappa shape index (κ3) is 5.62. The third-order valence-corrected chi connectivity index (χ3v) is 2.66.